The molecule has 1 N–H and O–H groups in total. The van der Waals surface area contributed by atoms with Gasteiger partial charge >= 0.3 is 5.97 Å². The number of rotatable bonds is 3. The van der Waals surface area contributed by atoms with Crippen LogP contribution in [0.4, 0.5) is 0 Å². The van der Waals surface area contributed by atoms with Crippen molar-refractivity contribution in [2.75, 3.05) is 0 Å². The van der Waals surface area contributed by atoms with Crippen molar-refractivity contribution in [3.8, 4) is 5.69 Å². The molecule has 0 aliphatic rings. The van der Waals surface area contributed by atoms with Crippen molar-refractivity contribution < 1.29 is 9.90 Å². The molecule has 0 aliphatic carbocycles. The number of carboxylic acids is 1. The Morgan fingerprint density at radius 1 is 1.28 bits per heavy atom. The number of aromatic carboxylic acids is 1. The molecule has 18 heavy (non-hydrogen) atoms. The van der Waals surface area contributed by atoms with E-state index in [4.69, 9.17) is 0 Å². The van der Waals surface area contributed by atoms with Crippen molar-refractivity contribution in [2.24, 2.45) is 0 Å². The molecular weight excluding hydrogens is 228 g/mol. The highest BCUT2D eigenvalue weighted by Gasteiger charge is 2.22. The van der Waals surface area contributed by atoms with Crippen LogP contribution in [0.25, 0.3) is 5.69 Å². The van der Waals surface area contributed by atoms with Crippen LogP contribution in [-0.4, -0.2) is 20.9 Å². The fourth-order valence-corrected chi connectivity index (χ4v) is 2.07. The van der Waals surface area contributed by atoms with E-state index < -0.39 is 5.97 Å². The Balaban J connectivity index is 2.67. The van der Waals surface area contributed by atoms with E-state index in [9.17, 15) is 9.90 Å². The first-order chi connectivity index (χ1) is 8.52. The molecule has 94 valence electrons. The summed E-state index contributed by atoms with van der Waals surface area (Å²) in [6, 6.07) is 9.33. The summed E-state index contributed by atoms with van der Waals surface area (Å²) in [5.74, 6) is -0.746. The molecule has 0 bridgehead atoms. The van der Waals surface area contributed by atoms with Gasteiger partial charge in [0.05, 0.1) is 11.4 Å². The standard InChI is InChI=1S/C14H16N2O2/c1-9(2)12-10(3)13(14(17)18)16(15-12)11-7-5-4-6-8-11/h4-9H,1-3H3,(H,17,18). The van der Waals surface area contributed by atoms with Gasteiger partial charge in [0.2, 0.25) is 0 Å². The second-order valence-electron chi connectivity index (χ2n) is 4.57. The number of carboxylic acid groups (broad SMARTS) is 1. The molecule has 0 unspecified atom stereocenters. The number of para-hydroxylation sites is 1. The van der Waals surface area contributed by atoms with Crippen molar-refractivity contribution in [3.63, 3.8) is 0 Å². The van der Waals surface area contributed by atoms with Crippen molar-refractivity contribution >= 4 is 5.97 Å². The lowest BCUT2D eigenvalue weighted by Gasteiger charge is -2.04. The summed E-state index contributed by atoms with van der Waals surface area (Å²) >= 11 is 0. The van der Waals surface area contributed by atoms with Gasteiger partial charge in [-0.05, 0) is 25.0 Å². The van der Waals surface area contributed by atoms with Gasteiger partial charge in [-0.15, -0.1) is 0 Å². The van der Waals surface area contributed by atoms with Crippen LogP contribution < -0.4 is 0 Å². The van der Waals surface area contributed by atoms with Gasteiger partial charge in [0.15, 0.2) is 5.69 Å². The van der Waals surface area contributed by atoms with Crippen LogP contribution in [0.15, 0.2) is 30.3 Å². The highest BCUT2D eigenvalue weighted by atomic mass is 16.4. The average Bonchev–Trinajstić information content (AvgIpc) is 2.68. The van der Waals surface area contributed by atoms with Gasteiger partial charge in [0.1, 0.15) is 0 Å². The Morgan fingerprint density at radius 3 is 2.39 bits per heavy atom. The first kappa shape index (κ1) is 12.4. The van der Waals surface area contributed by atoms with Crippen LogP contribution in [0, 0.1) is 6.92 Å². The molecule has 0 spiro atoms. The van der Waals surface area contributed by atoms with Crippen LogP contribution in [0.1, 0.15) is 41.5 Å². The Kier molecular flexibility index (Phi) is 3.19. The lowest BCUT2D eigenvalue weighted by molar-refractivity contribution is 0.0686. The molecule has 0 radical (unpaired) electrons. The minimum Gasteiger partial charge on any atom is -0.477 e. The summed E-state index contributed by atoms with van der Waals surface area (Å²) in [5, 5.41) is 13.8. The molecule has 0 atom stereocenters. The normalized spacial score (nSPS) is 10.9. The number of hydrogen-bond acceptors (Lipinski definition) is 2. The Hall–Kier alpha value is -2.10. The third-order valence-electron chi connectivity index (χ3n) is 2.91. The van der Waals surface area contributed by atoms with Crippen LogP contribution in [0.3, 0.4) is 0 Å². The molecule has 1 aromatic heterocycles. The first-order valence-electron chi connectivity index (χ1n) is 5.90. The summed E-state index contributed by atoms with van der Waals surface area (Å²) in [5.41, 5.74) is 2.58. The van der Waals surface area contributed by atoms with Crippen LogP contribution >= 0.6 is 0 Å². The van der Waals surface area contributed by atoms with Crippen molar-refractivity contribution in [1.29, 1.82) is 0 Å². The van der Waals surface area contributed by atoms with E-state index in [2.05, 4.69) is 5.10 Å². The highest BCUT2D eigenvalue weighted by Crippen LogP contribution is 2.23. The fourth-order valence-electron chi connectivity index (χ4n) is 2.07. The molecule has 0 saturated carbocycles. The zero-order valence-corrected chi connectivity index (χ0v) is 10.7. The maximum Gasteiger partial charge on any atom is 0.354 e. The Labute approximate surface area is 106 Å². The predicted molar refractivity (Wildman–Crippen MR) is 69.3 cm³/mol. The topological polar surface area (TPSA) is 55.1 Å². The van der Waals surface area contributed by atoms with Gasteiger partial charge in [-0.1, -0.05) is 32.0 Å². The zero-order valence-electron chi connectivity index (χ0n) is 10.7. The van der Waals surface area contributed by atoms with Gasteiger partial charge in [-0.2, -0.15) is 5.10 Å². The summed E-state index contributed by atoms with van der Waals surface area (Å²) in [6.45, 7) is 5.83. The molecule has 4 nitrogen and oxygen atoms in total. The summed E-state index contributed by atoms with van der Waals surface area (Å²) < 4.78 is 1.51. The summed E-state index contributed by atoms with van der Waals surface area (Å²) in [7, 11) is 0. The molecule has 0 aliphatic heterocycles. The van der Waals surface area contributed by atoms with E-state index in [1.54, 1.807) is 0 Å². The van der Waals surface area contributed by atoms with E-state index in [1.807, 2.05) is 51.1 Å². The van der Waals surface area contributed by atoms with Gasteiger partial charge in [-0.25, -0.2) is 9.48 Å². The molecule has 2 rings (SSSR count). The minimum atomic E-state index is -0.948. The third kappa shape index (κ3) is 2.01. The predicted octanol–water partition coefficient (Wildman–Crippen LogP) is 3.00. The summed E-state index contributed by atoms with van der Waals surface area (Å²) in [6.07, 6.45) is 0. The van der Waals surface area contributed by atoms with Gasteiger partial charge < -0.3 is 5.11 Å². The number of carbonyl (C=O) groups is 1. The van der Waals surface area contributed by atoms with E-state index in [0.29, 0.717) is 0 Å². The van der Waals surface area contributed by atoms with Crippen LogP contribution in [-0.2, 0) is 0 Å². The number of hydrogen-bond donors (Lipinski definition) is 1. The Morgan fingerprint density at radius 2 is 1.89 bits per heavy atom. The van der Waals surface area contributed by atoms with Crippen molar-refractivity contribution in [2.45, 2.75) is 26.7 Å². The maximum absolute atomic E-state index is 11.4. The Bertz CT molecular complexity index is 571. The second-order valence-corrected chi connectivity index (χ2v) is 4.57. The number of aromatic nitrogens is 2. The second kappa shape index (κ2) is 4.64. The molecular formula is C14H16N2O2. The van der Waals surface area contributed by atoms with E-state index in [1.165, 1.54) is 4.68 Å². The van der Waals surface area contributed by atoms with E-state index in [-0.39, 0.29) is 11.6 Å². The van der Waals surface area contributed by atoms with Gasteiger partial charge in [-0.3, -0.25) is 0 Å². The molecule has 0 saturated heterocycles. The highest BCUT2D eigenvalue weighted by molar-refractivity contribution is 5.88. The maximum atomic E-state index is 11.4. The smallest absolute Gasteiger partial charge is 0.354 e. The molecule has 1 aromatic carbocycles. The van der Waals surface area contributed by atoms with Gasteiger partial charge in [0.25, 0.3) is 0 Å². The lowest BCUT2D eigenvalue weighted by Crippen LogP contribution is -2.08. The molecule has 0 amide bonds. The molecule has 2 aromatic rings. The van der Waals surface area contributed by atoms with E-state index in [0.717, 1.165) is 16.9 Å². The molecule has 1 heterocycles. The first-order valence-corrected chi connectivity index (χ1v) is 5.90. The number of benzene rings is 1. The fraction of sp³-hybridized carbons (Fsp3) is 0.286. The van der Waals surface area contributed by atoms with E-state index >= 15 is 0 Å². The van der Waals surface area contributed by atoms with Crippen molar-refractivity contribution in [3.05, 3.63) is 47.3 Å². The minimum absolute atomic E-state index is 0.202. The lowest BCUT2D eigenvalue weighted by atomic mass is 10.1. The van der Waals surface area contributed by atoms with Crippen LogP contribution in [0.5, 0.6) is 0 Å². The molecule has 0 fully saturated rings. The van der Waals surface area contributed by atoms with Crippen molar-refractivity contribution in [1.82, 2.24) is 9.78 Å². The summed E-state index contributed by atoms with van der Waals surface area (Å²) in [4.78, 5) is 11.4. The zero-order chi connectivity index (χ0) is 13.3. The quantitative estimate of drug-likeness (QED) is 0.903. The van der Waals surface area contributed by atoms with Gasteiger partial charge in [0, 0.05) is 5.56 Å². The largest absolute Gasteiger partial charge is 0.477 e. The SMILES string of the molecule is Cc1c(C(C)C)nn(-c2ccccc2)c1C(=O)O. The molecule has 4 heteroatoms. The third-order valence-corrected chi connectivity index (χ3v) is 2.91. The number of nitrogens with zero attached hydrogens (tertiary/aromatic N) is 2. The monoisotopic (exact) mass is 244 g/mol. The van der Waals surface area contributed by atoms with Crippen LogP contribution in [0.2, 0.25) is 0 Å². The average molecular weight is 244 g/mol.